The molecular formula is C14H12IN7O. The first kappa shape index (κ1) is 14.3. The lowest BCUT2D eigenvalue weighted by atomic mass is 10.3. The van der Waals surface area contributed by atoms with E-state index in [0.717, 1.165) is 32.1 Å². The minimum Gasteiger partial charge on any atom is -0.380 e. The highest BCUT2D eigenvalue weighted by atomic mass is 127. The van der Waals surface area contributed by atoms with Crippen LogP contribution in [0.25, 0.3) is 16.9 Å². The first-order valence-corrected chi connectivity index (χ1v) is 7.96. The fourth-order valence-electron chi connectivity index (χ4n) is 2.44. The molecule has 8 nitrogen and oxygen atoms in total. The van der Waals surface area contributed by atoms with Crippen molar-refractivity contribution in [2.75, 3.05) is 7.05 Å². The Labute approximate surface area is 145 Å². The monoisotopic (exact) mass is 421 g/mol. The Balaban J connectivity index is 1.90. The van der Waals surface area contributed by atoms with Gasteiger partial charge in [0.05, 0.1) is 12.2 Å². The Kier molecular flexibility index (Phi) is 3.58. The summed E-state index contributed by atoms with van der Waals surface area (Å²) >= 11 is 2.14. The zero-order valence-electron chi connectivity index (χ0n) is 12.1. The van der Waals surface area contributed by atoms with Crippen LogP contribution in [0.1, 0.15) is 11.5 Å². The smallest absolute Gasteiger partial charge is 0.214 e. The third kappa shape index (κ3) is 2.51. The average Bonchev–Trinajstić information content (AvgIpc) is 3.09. The molecule has 0 spiro atoms. The SMILES string of the molecule is CN1NOC(I)=C1c1nc2cccnc2n1Cc1cccnn1. The highest BCUT2D eigenvalue weighted by Crippen LogP contribution is 2.31. The largest absolute Gasteiger partial charge is 0.380 e. The quantitative estimate of drug-likeness (QED) is 0.645. The fourth-order valence-corrected chi connectivity index (χ4v) is 3.14. The number of hydrazine groups is 1. The molecule has 0 fully saturated rings. The second-order valence-electron chi connectivity index (χ2n) is 4.96. The zero-order chi connectivity index (χ0) is 15.8. The molecule has 9 heteroatoms. The summed E-state index contributed by atoms with van der Waals surface area (Å²) in [4.78, 5) is 14.6. The van der Waals surface area contributed by atoms with Gasteiger partial charge in [-0.25, -0.2) is 9.97 Å². The first-order chi connectivity index (χ1) is 11.2. The molecule has 116 valence electrons. The molecule has 3 aromatic heterocycles. The summed E-state index contributed by atoms with van der Waals surface area (Å²) in [7, 11) is 1.88. The van der Waals surface area contributed by atoms with Gasteiger partial charge in [-0.3, -0.25) is 5.01 Å². The van der Waals surface area contributed by atoms with E-state index in [1.165, 1.54) is 0 Å². The molecule has 0 aromatic carbocycles. The number of pyridine rings is 1. The molecule has 0 atom stereocenters. The summed E-state index contributed by atoms with van der Waals surface area (Å²) in [5.41, 5.74) is 6.11. The molecule has 4 heterocycles. The fraction of sp³-hybridized carbons (Fsp3) is 0.143. The number of hydrogen-bond acceptors (Lipinski definition) is 7. The number of imidazole rings is 1. The Morgan fingerprint density at radius 3 is 2.87 bits per heavy atom. The summed E-state index contributed by atoms with van der Waals surface area (Å²) in [5, 5.41) is 9.89. The Hall–Kier alpha value is -2.27. The van der Waals surface area contributed by atoms with E-state index in [9.17, 15) is 0 Å². The number of fused-ring (bicyclic) bond motifs is 1. The van der Waals surface area contributed by atoms with Gasteiger partial charge in [0.25, 0.3) is 0 Å². The van der Waals surface area contributed by atoms with E-state index in [4.69, 9.17) is 9.82 Å². The van der Waals surface area contributed by atoms with Gasteiger partial charge in [0.15, 0.2) is 11.5 Å². The topological polar surface area (TPSA) is 81.0 Å². The van der Waals surface area contributed by atoms with Crippen LogP contribution in [0.5, 0.6) is 0 Å². The first-order valence-electron chi connectivity index (χ1n) is 6.88. The van der Waals surface area contributed by atoms with Crippen LogP contribution in [0.4, 0.5) is 0 Å². The minimum atomic E-state index is 0.526. The minimum absolute atomic E-state index is 0.526. The molecule has 0 unspecified atom stereocenters. The molecule has 0 bridgehead atoms. The molecule has 0 aliphatic carbocycles. The maximum Gasteiger partial charge on any atom is 0.214 e. The van der Waals surface area contributed by atoms with Gasteiger partial charge in [-0.15, -0.1) is 0 Å². The van der Waals surface area contributed by atoms with Gasteiger partial charge in [0, 0.05) is 42.0 Å². The highest BCUT2D eigenvalue weighted by molar-refractivity contribution is 14.1. The molecular weight excluding hydrogens is 409 g/mol. The summed E-state index contributed by atoms with van der Waals surface area (Å²) in [6.07, 6.45) is 3.41. The molecule has 4 rings (SSSR count). The van der Waals surface area contributed by atoms with Crippen LogP contribution in [0.2, 0.25) is 0 Å². The van der Waals surface area contributed by atoms with E-state index in [2.05, 4.69) is 43.4 Å². The predicted molar refractivity (Wildman–Crippen MR) is 91.6 cm³/mol. The van der Waals surface area contributed by atoms with Gasteiger partial charge in [-0.05, 0) is 24.3 Å². The molecule has 0 saturated heterocycles. The molecule has 1 aliphatic heterocycles. The number of nitrogens with one attached hydrogen (secondary N) is 1. The number of aromatic nitrogens is 5. The molecule has 1 N–H and O–H groups in total. The maximum atomic E-state index is 5.37. The van der Waals surface area contributed by atoms with E-state index in [1.54, 1.807) is 17.4 Å². The normalized spacial score (nSPS) is 14.6. The highest BCUT2D eigenvalue weighted by Gasteiger charge is 2.27. The third-order valence-electron chi connectivity index (χ3n) is 3.46. The van der Waals surface area contributed by atoms with E-state index in [0.29, 0.717) is 6.54 Å². The molecule has 0 saturated carbocycles. The second-order valence-corrected chi connectivity index (χ2v) is 5.94. The number of halogens is 1. The van der Waals surface area contributed by atoms with Gasteiger partial charge >= 0.3 is 0 Å². The van der Waals surface area contributed by atoms with Crippen molar-refractivity contribution in [2.45, 2.75) is 6.54 Å². The van der Waals surface area contributed by atoms with Gasteiger partial charge < -0.3 is 9.40 Å². The Morgan fingerprint density at radius 2 is 2.13 bits per heavy atom. The Bertz CT molecular complexity index is 893. The van der Waals surface area contributed by atoms with Crippen molar-refractivity contribution in [3.05, 3.63) is 51.9 Å². The number of nitrogens with zero attached hydrogens (tertiary/aromatic N) is 6. The van der Waals surface area contributed by atoms with Crippen molar-refractivity contribution in [2.24, 2.45) is 0 Å². The number of rotatable bonds is 3. The van der Waals surface area contributed by atoms with Crippen molar-refractivity contribution in [3.63, 3.8) is 0 Å². The van der Waals surface area contributed by atoms with Crippen LogP contribution in [0.15, 0.2) is 40.4 Å². The lowest BCUT2D eigenvalue weighted by Crippen LogP contribution is -2.26. The lowest BCUT2D eigenvalue weighted by Gasteiger charge is -2.14. The van der Waals surface area contributed by atoms with Gasteiger partial charge in [0.1, 0.15) is 11.2 Å². The molecule has 23 heavy (non-hydrogen) atoms. The summed E-state index contributed by atoms with van der Waals surface area (Å²) in [6, 6.07) is 7.61. The molecule has 0 amide bonds. The second kappa shape index (κ2) is 5.74. The van der Waals surface area contributed by atoms with Crippen molar-refractivity contribution in [3.8, 4) is 0 Å². The van der Waals surface area contributed by atoms with E-state index in [1.807, 2.05) is 35.9 Å². The summed E-state index contributed by atoms with van der Waals surface area (Å²) in [6.45, 7) is 0.526. The van der Waals surface area contributed by atoms with E-state index >= 15 is 0 Å². The van der Waals surface area contributed by atoms with Crippen LogP contribution in [0.3, 0.4) is 0 Å². The van der Waals surface area contributed by atoms with E-state index < -0.39 is 0 Å². The van der Waals surface area contributed by atoms with E-state index in [-0.39, 0.29) is 0 Å². The van der Waals surface area contributed by atoms with Gasteiger partial charge in [0.2, 0.25) is 3.77 Å². The zero-order valence-corrected chi connectivity index (χ0v) is 14.3. The van der Waals surface area contributed by atoms with Crippen LogP contribution < -0.4 is 5.59 Å². The summed E-state index contributed by atoms with van der Waals surface area (Å²) < 4.78 is 2.74. The molecule has 3 aromatic rings. The van der Waals surface area contributed by atoms with Crippen molar-refractivity contribution in [1.82, 2.24) is 35.3 Å². The van der Waals surface area contributed by atoms with Crippen LogP contribution >= 0.6 is 22.6 Å². The molecule has 1 aliphatic rings. The lowest BCUT2D eigenvalue weighted by molar-refractivity contribution is 0.0526. The average molecular weight is 421 g/mol. The summed E-state index contributed by atoms with van der Waals surface area (Å²) in [5.74, 6) is 0.765. The Morgan fingerprint density at radius 1 is 1.26 bits per heavy atom. The third-order valence-corrected chi connectivity index (χ3v) is 4.19. The van der Waals surface area contributed by atoms with Crippen LogP contribution in [0, 0.1) is 0 Å². The standard InChI is InChI=1S/C14H12IN7O/c1-21-11(12(15)23-20-21)14-18-10-5-3-6-16-13(10)22(14)8-9-4-2-7-17-19-9/h2-7,20H,8H2,1H3. The predicted octanol–water partition coefficient (Wildman–Crippen LogP) is 1.71. The van der Waals surface area contributed by atoms with Gasteiger partial charge in [-0.2, -0.15) is 10.2 Å². The van der Waals surface area contributed by atoms with Crippen LogP contribution in [-0.4, -0.2) is 36.8 Å². The van der Waals surface area contributed by atoms with Gasteiger partial charge in [-0.1, -0.05) is 5.59 Å². The van der Waals surface area contributed by atoms with Crippen molar-refractivity contribution >= 4 is 39.5 Å². The van der Waals surface area contributed by atoms with Crippen molar-refractivity contribution < 1.29 is 4.84 Å². The van der Waals surface area contributed by atoms with Crippen LogP contribution in [-0.2, 0) is 11.4 Å². The van der Waals surface area contributed by atoms with Crippen molar-refractivity contribution in [1.29, 1.82) is 0 Å². The number of hydrogen-bond donors (Lipinski definition) is 1. The maximum absolute atomic E-state index is 5.37. The molecule has 0 radical (unpaired) electrons.